The predicted octanol–water partition coefficient (Wildman–Crippen LogP) is 3.88. The molecule has 1 aliphatic rings. The molecule has 0 aliphatic heterocycles. The van der Waals surface area contributed by atoms with Gasteiger partial charge in [0.25, 0.3) is 0 Å². The minimum atomic E-state index is -0.946. The van der Waals surface area contributed by atoms with Crippen LogP contribution >= 0.6 is 0 Å². The summed E-state index contributed by atoms with van der Waals surface area (Å²) in [6.07, 6.45) is 2.76. The minimum absolute atomic E-state index is 0.739. The van der Waals surface area contributed by atoms with Crippen LogP contribution in [0.15, 0.2) is 36.4 Å². The molecule has 1 N–H and O–H groups in total. The molecule has 1 aliphatic carbocycles. The van der Waals surface area contributed by atoms with Crippen LogP contribution in [0, 0.1) is 13.8 Å². The molecule has 0 saturated heterocycles. The van der Waals surface area contributed by atoms with Crippen LogP contribution in [-0.2, 0) is 12.0 Å². The monoisotopic (exact) mass is 282 g/mol. The number of fused-ring (bicyclic) bond motifs is 1. The molecule has 21 heavy (non-hydrogen) atoms. The second-order valence-electron chi connectivity index (χ2n) is 5.96. The Hall–Kier alpha value is -1.80. The predicted molar refractivity (Wildman–Crippen MR) is 84.8 cm³/mol. The lowest BCUT2D eigenvalue weighted by atomic mass is 9.74. The van der Waals surface area contributed by atoms with Crippen molar-refractivity contribution in [1.82, 2.24) is 0 Å². The Kier molecular flexibility index (Phi) is 3.50. The maximum Gasteiger partial charge on any atom is 0.128 e. The first-order valence-electron chi connectivity index (χ1n) is 7.53. The number of ether oxygens (including phenoxy) is 1. The number of rotatable bonds is 2. The van der Waals surface area contributed by atoms with Crippen LogP contribution in [0.5, 0.6) is 5.75 Å². The lowest BCUT2D eigenvalue weighted by Crippen LogP contribution is -2.32. The van der Waals surface area contributed by atoms with Gasteiger partial charge >= 0.3 is 0 Å². The summed E-state index contributed by atoms with van der Waals surface area (Å²) < 4.78 is 5.63. The number of benzene rings is 2. The van der Waals surface area contributed by atoms with Gasteiger partial charge in [-0.2, -0.15) is 0 Å². The molecule has 2 heteroatoms. The molecule has 1 atom stereocenters. The molecule has 110 valence electrons. The van der Waals surface area contributed by atoms with Crippen LogP contribution in [0.4, 0.5) is 0 Å². The lowest BCUT2D eigenvalue weighted by molar-refractivity contribution is 0.0588. The first-order chi connectivity index (χ1) is 10.1. The molecule has 0 aromatic heterocycles. The van der Waals surface area contributed by atoms with E-state index in [9.17, 15) is 5.11 Å². The van der Waals surface area contributed by atoms with Crippen LogP contribution in [0.3, 0.4) is 0 Å². The summed E-state index contributed by atoms with van der Waals surface area (Å²) in [5.41, 5.74) is 4.50. The topological polar surface area (TPSA) is 29.5 Å². The van der Waals surface area contributed by atoms with Gasteiger partial charge in [0.05, 0.1) is 7.11 Å². The summed E-state index contributed by atoms with van der Waals surface area (Å²) >= 11 is 0. The van der Waals surface area contributed by atoms with E-state index < -0.39 is 5.60 Å². The number of hydrogen-bond acceptors (Lipinski definition) is 2. The van der Waals surface area contributed by atoms with E-state index in [1.54, 1.807) is 7.11 Å². The number of aliphatic hydroxyl groups is 1. The molecule has 2 nitrogen and oxygen atoms in total. The molecular weight excluding hydrogens is 260 g/mol. The summed E-state index contributed by atoms with van der Waals surface area (Å²) in [4.78, 5) is 0. The Balaban J connectivity index is 2.24. The van der Waals surface area contributed by atoms with Crippen molar-refractivity contribution < 1.29 is 9.84 Å². The molecule has 0 spiro atoms. The molecule has 0 radical (unpaired) electrons. The molecule has 3 rings (SSSR count). The van der Waals surface area contributed by atoms with Gasteiger partial charge in [0, 0.05) is 5.56 Å². The molecule has 0 amide bonds. The van der Waals surface area contributed by atoms with Crippen molar-refractivity contribution in [2.24, 2.45) is 0 Å². The Labute approximate surface area is 126 Å². The van der Waals surface area contributed by atoms with Gasteiger partial charge in [-0.15, -0.1) is 0 Å². The molecule has 0 fully saturated rings. The average molecular weight is 282 g/mol. The molecule has 2 aromatic carbocycles. The molecule has 0 heterocycles. The van der Waals surface area contributed by atoms with Crippen LogP contribution < -0.4 is 4.74 Å². The largest absolute Gasteiger partial charge is 0.496 e. The summed E-state index contributed by atoms with van der Waals surface area (Å²) in [6.45, 7) is 4.12. The Morgan fingerprint density at radius 3 is 2.57 bits per heavy atom. The fraction of sp³-hybridized carbons (Fsp3) is 0.368. The van der Waals surface area contributed by atoms with Gasteiger partial charge in [-0.05, 0) is 55.4 Å². The van der Waals surface area contributed by atoms with E-state index in [0.717, 1.165) is 41.7 Å². The van der Waals surface area contributed by atoms with Crippen molar-refractivity contribution in [3.63, 3.8) is 0 Å². The van der Waals surface area contributed by atoms with Gasteiger partial charge in [0.2, 0.25) is 0 Å². The number of methoxy groups -OCH3 is 1. The normalized spacial score (nSPS) is 21.0. The summed E-state index contributed by atoms with van der Waals surface area (Å²) in [7, 11) is 1.68. The highest BCUT2D eigenvalue weighted by Gasteiger charge is 2.38. The highest BCUT2D eigenvalue weighted by Crippen LogP contribution is 2.45. The highest BCUT2D eigenvalue weighted by atomic mass is 16.5. The van der Waals surface area contributed by atoms with Crippen molar-refractivity contribution in [1.29, 1.82) is 0 Å². The fourth-order valence-corrected chi connectivity index (χ4v) is 3.47. The Morgan fingerprint density at radius 1 is 1.05 bits per heavy atom. The quantitative estimate of drug-likeness (QED) is 0.905. The zero-order chi connectivity index (χ0) is 15.0. The van der Waals surface area contributed by atoms with Crippen LogP contribution in [0.1, 0.15) is 40.7 Å². The molecule has 1 unspecified atom stereocenters. The third-order valence-corrected chi connectivity index (χ3v) is 4.77. The van der Waals surface area contributed by atoms with Gasteiger partial charge in [-0.1, -0.05) is 36.4 Å². The molecular formula is C19H22O2. The van der Waals surface area contributed by atoms with E-state index in [1.165, 1.54) is 11.1 Å². The smallest absolute Gasteiger partial charge is 0.128 e. The maximum atomic E-state index is 11.4. The summed E-state index contributed by atoms with van der Waals surface area (Å²) in [5.74, 6) is 0.814. The maximum absolute atomic E-state index is 11.4. The SMILES string of the molecule is COc1c(C2(O)CCCc3ccccc32)ccc(C)c1C. The van der Waals surface area contributed by atoms with Crippen LogP contribution in [0.2, 0.25) is 0 Å². The zero-order valence-corrected chi connectivity index (χ0v) is 12.9. The first-order valence-corrected chi connectivity index (χ1v) is 7.53. The third-order valence-electron chi connectivity index (χ3n) is 4.77. The molecule has 0 saturated carbocycles. The molecule has 0 bridgehead atoms. The van der Waals surface area contributed by atoms with E-state index in [2.05, 4.69) is 26.0 Å². The van der Waals surface area contributed by atoms with E-state index in [4.69, 9.17) is 4.74 Å². The van der Waals surface area contributed by atoms with E-state index in [0.29, 0.717) is 0 Å². The van der Waals surface area contributed by atoms with Crippen molar-refractivity contribution in [2.45, 2.75) is 38.7 Å². The number of aryl methyl sites for hydroxylation is 2. The summed E-state index contributed by atoms with van der Waals surface area (Å²) in [6, 6.07) is 12.3. The van der Waals surface area contributed by atoms with Crippen molar-refractivity contribution in [3.05, 3.63) is 64.2 Å². The average Bonchev–Trinajstić information content (AvgIpc) is 2.50. The molecule has 2 aromatic rings. The Bertz CT molecular complexity index is 675. The van der Waals surface area contributed by atoms with Gasteiger partial charge in [0.15, 0.2) is 0 Å². The Morgan fingerprint density at radius 2 is 1.81 bits per heavy atom. The van der Waals surface area contributed by atoms with Crippen molar-refractivity contribution in [2.75, 3.05) is 7.11 Å². The van der Waals surface area contributed by atoms with E-state index in [-0.39, 0.29) is 0 Å². The third kappa shape index (κ3) is 2.14. The standard InChI is InChI=1S/C19H22O2/c1-13-10-11-17(18(21-3)14(13)2)19(20)12-6-8-15-7-4-5-9-16(15)19/h4-5,7,9-11,20H,6,8,12H2,1-3H3. The van der Waals surface area contributed by atoms with Crippen LogP contribution in [-0.4, -0.2) is 12.2 Å². The van der Waals surface area contributed by atoms with Gasteiger partial charge in [-0.3, -0.25) is 0 Å². The fourth-order valence-electron chi connectivity index (χ4n) is 3.47. The van der Waals surface area contributed by atoms with Crippen LogP contribution in [0.25, 0.3) is 0 Å². The number of hydrogen-bond donors (Lipinski definition) is 1. The minimum Gasteiger partial charge on any atom is -0.496 e. The van der Waals surface area contributed by atoms with E-state index >= 15 is 0 Å². The lowest BCUT2D eigenvalue weighted by Gasteiger charge is -2.36. The van der Waals surface area contributed by atoms with Gasteiger partial charge in [0.1, 0.15) is 11.4 Å². The second-order valence-corrected chi connectivity index (χ2v) is 5.96. The highest BCUT2D eigenvalue weighted by molar-refractivity contribution is 5.53. The first kappa shape index (κ1) is 14.2. The second kappa shape index (κ2) is 5.19. The zero-order valence-electron chi connectivity index (χ0n) is 12.9. The van der Waals surface area contributed by atoms with Crippen molar-refractivity contribution in [3.8, 4) is 5.75 Å². The van der Waals surface area contributed by atoms with E-state index in [1.807, 2.05) is 24.3 Å². The van der Waals surface area contributed by atoms with Gasteiger partial charge < -0.3 is 9.84 Å². The van der Waals surface area contributed by atoms with Crippen molar-refractivity contribution >= 4 is 0 Å². The summed E-state index contributed by atoms with van der Waals surface area (Å²) in [5, 5.41) is 11.4. The van der Waals surface area contributed by atoms with Gasteiger partial charge in [-0.25, -0.2) is 0 Å².